The van der Waals surface area contributed by atoms with Gasteiger partial charge < -0.3 is 54.8 Å². The molecule has 0 aromatic carbocycles. The number of hydrogen-bond donors (Lipinski definition) is 10. The molecular formula is C21H39N9O8. The van der Waals surface area contributed by atoms with E-state index in [-0.39, 0.29) is 38.2 Å². The van der Waals surface area contributed by atoms with Crippen molar-refractivity contribution in [1.29, 1.82) is 0 Å². The molecule has 0 saturated heterocycles. The molecule has 38 heavy (non-hydrogen) atoms. The molecule has 0 radical (unpaired) electrons. The second kappa shape index (κ2) is 18.3. The van der Waals surface area contributed by atoms with Crippen LogP contribution in [-0.4, -0.2) is 89.0 Å². The van der Waals surface area contributed by atoms with Gasteiger partial charge >= 0.3 is 11.9 Å². The van der Waals surface area contributed by atoms with Crippen molar-refractivity contribution in [2.75, 3.05) is 13.1 Å². The summed E-state index contributed by atoms with van der Waals surface area (Å²) < 4.78 is 0. The van der Waals surface area contributed by atoms with Gasteiger partial charge in [-0.15, -0.1) is 0 Å². The van der Waals surface area contributed by atoms with E-state index in [0.29, 0.717) is 19.4 Å². The SMILES string of the molecule is NCCCCC(NC(=O)C(N)CC(N)=O)C(=O)NC(CCCN=C(N)N)C(=O)NC(CCC(=O)O)C(=O)O. The zero-order chi connectivity index (χ0) is 29.3. The van der Waals surface area contributed by atoms with Crippen molar-refractivity contribution in [3.05, 3.63) is 0 Å². The number of aliphatic carboxylic acids is 2. The fourth-order valence-corrected chi connectivity index (χ4v) is 3.19. The largest absolute Gasteiger partial charge is 0.481 e. The predicted octanol–water partition coefficient (Wildman–Crippen LogP) is -4.22. The molecule has 0 aliphatic heterocycles. The molecule has 0 aromatic heterocycles. The summed E-state index contributed by atoms with van der Waals surface area (Å²) in [5.74, 6) is -6.20. The van der Waals surface area contributed by atoms with Crippen LogP contribution >= 0.6 is 0 Å². The molecule has 0 bridgehead atoms. The van der Waals surface area contributed by atoms with Crippen molar-refractivity contribution in [1.82, 2.24) is 16.0 Å². The van der Waals surface area contributed by atoms with Gasteiger partial charge in [0, 0.05) is 13.0 Å². The maximum absolute atomic E-state index is 13.1. The zero-order valence-electron chi connectivity index (χ0n) is 21.1. The maximum Gasteiger partial charge on any atom is 0.326 e. The van der Waals surface area contributed by atoms with Crippen molar-refractivity contribution in [3.63, 3.8) is 0 Å². The van der Waals surface area contributed by atoms with Gasteiger partial charge in [-0.2, -0.15) is 0 Å². The number of carbonyl (C=O) groups excluding carboxylic acids is 4. The molecule has 0 rings (SSSR count). The van der Waals surface area contributed by atoms with Crippen molar-refractivity contribution >= 4 is 41.5 Å². The fourth-order valence-electron chi connectivity index (χ4n) is 3.19. The van der Waals surface area contributed by atoms with Gasteiger partial charge in [0.1, 0.15) is 18.1 Å². The number of amides is 4. The van der Waals surface area contributed by atoms with Gasteiger partial charge in [-0.25, -0.2) is 4.79 Å². The number of aliphatic imine (C=N–C) groups is 1. The Bertz CT molecular complexity index is 864. The molecule has 0 aromatic rings. The van der Waals surface area contributed by atoms with Crippen LogP contribution in [0.5, 0.6) is 0 Å². The van der Waals surface area contributed by atoms with Crippen molar-refractivity contribution in [2.24, 2.45) is 33.7 Å². The standard InChI is InChI=1S/C21H39N9O8/c22-8-2-1-4-12(28-17(34)11(23)10-15(24)31)18(35)29-13(5-3-9-27-21(25)26)19(36)30-14(20(37)38)6-7-16(32)33/h11-14H,1-10,22-23H2,(H2,24,31)(H,28,34)(H,29,35)(H,30,36)(H,32,33)(H,37,38)(H4,25,26,27). The Hall–Kier alpha value is -3.99. The van der Waals surface area contributed by atoms with Crippen LogP contribution in [0.1, 0.15) is 51.4 Å². The van der Waals surface area contributed by atoms with Crippen LogP contribution in [0.15, 0.2) is 4.99 Å². The van der Waals surface area contributed by atoms with Gasteiger partial charge in [-0.1, -0.05) is 0 Å². The van der Waals surface area contributed by atoms with Crippen molar-refractivity contribution in [3.8, 4) is 0 Å². The fraction of sp³-hybridized carbons (Fsp3) is 0.667. The number of nitrogens with two attached hydrogens (primary N) is 5. The average molecular weight is 546 g/mol. The monoisotopic (exact) mass is 545 g/mol. The number of carboxylic acid groups (broad SMARTS) is 2. The first-order chi connectivity index (χ1) is 17.8. The Kier molecular flexibility index (Phi) is 16.4. The van der Waals surface area contributed by atoms with Crippen LogP contribution in [-0.2, 0) is 28.8 Å². The van der Waals surface area contributed by atoms with Gasteiger partial charge in [0.2, 0.25) is 23.6 Å². The van der Waals surface area contributed by atoms with E-state index in [9.17, 15) is 33.9 Å². The number of carboxylic acids is 2. The molecule has 216 valence electrons. The number of primary amides is 1. The van der Waals surface area contributed by atoms with E-state index in [2.05, 4.69) is 20.9 Å². The summed E-state index contributed by atoms with van der Waals surface area (Å²) in [4.78, 5) is 75.6. The first kappa shape index (κ1) is 34.0. The van der Waals surface area contributed by atoms with Crippen LogP contribution in [0.2, 0.25) is 0 Å². The van der Waals surface area contributed by atoms with Gasteiger partial charge in [0.05, 0.1) is 12.5 Å². The average Bonchev–Trinajstić information content (AvgIpc) is 2.81. The number of hydrogen-bond acceptors (Lipinski definition) is 9. The molecule has 0 spiro atoms. The van der Waals surface area contributed by atoms with E-state index < -0.39 is 72.6 Å². The Morgan fingerprint density at radius 3 is 1.74 bits per heavy atom. The lowest BCUT2D eigenvalue weighted by Crippen LogP contribution is -2.57. The second-order valence-electron chi connectivity index (χ2n) is 8.46. The number of guanidine groups is 1. The molecule has 17 heteroatoms. The summed E-state index contributed by atoms with van der Waals surface area (Å²) in [5, 5.41) is 25.3. The highest BCUT2D eigenvalue weighted by Gasteiger charge is 2.30. The second-order valence-corrected chi connectivity index (χ2v) is 8.46. The van der Waals surface area contributed by atoms with Crippen molar-refractivity contribution < 1.29 is 39.0 Å². The highest BCUT2D eigenvalue weighted by molar-refractivity contribution is 5.95. The van der Waals surface area contributed by atoms with Gasteiger partial charge in [0.25, 0.3) is 0 Å². The van der Waals surface area contributed by atoms with Gasteiger partial charge in [-0.05, 0) is 45.1 Å². The minimum absolute atomic E-state index is 0.0235. The molecule has 17 nitrogen and oxygen atoms in total. The Labute approximate surface area is 219 Å². The Morgan fingerprint density at radius 2 is 1.26 bits per heavy atom. The van der Waals surface area contributed by atoms with Gasteiger partial charge in [0.15, 0.2) is 5.96 Å². The molecule has 4 unspecified atom stereocenters. The van der Waals surface area contributed by atoms with Crippen LogP contribution < -0.4 is 44.6 Å². The first-order valence-corrected chi connectivity index (χ1v) is 11.9. The normalized spacial score (nSPS) is 13.7. The maximum atomic E-state index is 13.1. The van der Waals surface area contributed by atoms with Gasteiger partial charge in [-0.3, -0.25) is 29.0 Å². The molecule has 4 atom stereocenters. The smallest absolute Gasteiger partial charge is 0.326 e. The minimum Gasteiger partial charge on any atom is -0.481 e. The summed E-state index contributed by atoms with van der Waals surface area (Å²) in [5.41, 5.74) is 26.8. The summed E-state index contributed by atoms with van der Waals surface area (Å²) in [6.07, 6.45) is -0.0966. The van der Waals surface area contributed by atoms with Crippen LogP contribution in [0.25, 0.3) is 0 Å². The highest BCUT2D eigenvalue weighted by atomic mass is 16.4. The third-order valence-electron chi connectivity index (χ3n) is 5.18. The molecule has 4 amide bonds. The lowest BCUT2D eigenvalue weighted by atomic mass is 10.0. The van der Waals surface area contributed by atoms with Crippen molar-refractivity contribution in [2.45, 2.75) is 75.5 Å². The molecule has 0 saturated carbocycles. The number of carbonyl (C=O) groups is 6. The number of nitrogens with one attached hydrogen (secondary N) is 3. The van der Waals surface area contributed by atoms with E-state index in [1.165, 1.54) is 0 Å². The number of nitrogens with zero attached hydrogens (tertiary/aromatic N) is 1. The minimum atomic E-state index is -1.53. The summed E-state index contributed by atoms with van der Waals surface area (Å²) in [6.45, 7) is 0.425. The van der Waals surface area contributed by atoms with E-state index >= 15 is 0 Å². The van der Waals surface area contributed by atoms with E-state index in [0.717, 1.165) is 0 Å². The third-order valence-corrected chi connectivity index (χ3v) is 5.18. The van der Waals surface area contributed by atoms with Crippen LogP contribution in [0, 0.1) is 0 Å². The van der Waals surface area contributed by atoms with Crippen LogP contribution in [0.4, 0.5) is 0 Å². The molecule has 0 aliphatic rings. The summed E-state index contributed by atoms with van der Waals surface area (Å²) >= 11 is 0. The molecule has 0 heterocycles. The lowest BCUT2D eigenvalue weighted by molar-refractivity contribution is -0.143. The van der Waals surface area contributed by atoms with E-state index in [4.69, 9.17) is 33.8 Å². The number of rotatable bonds is 20. The topological polar surface area (TPSA) is 321 Å². The van der Waals surface area contributed by atoms with E-state index in [1.807, 2.05) is 0 Å². The third kappa shape index (κ3) is 15.2. The molecule has 0 fully saturated rings. The predicted molar refractivity (Wildman–Crippen MR) is 135 cm³/mol. The number of unbranched alkanes of at least 4 members (excludes halogenated alkanes) is 1. The lowest BCUT2D eigenvalue weighted by Gasteiger charge is -2.25. The molecular weight excluding hydrogens is 506 g/mol. The Balaban J connectivity index is 5.68. The molecule has 0 aliphatic carbocycles. The van der Waals surface area contributed by atoms with E-state index in [1.54, 1.807) is 0 Å². The zero-order valence-corrected chi connectivity index (χ0v) is 21.1. The quantitative estimate of drug-likeness (QED) is 0.0395. The highest BCUT2D eigenvalue weighted by Crippen LogP contribution is 2.07. The summed E-state index contributed by atoms with van der Waals surface area (Å²) in [7, 11) is 0. The van der Waals surface area contributed by atoms with Crippen LogP contribution in [0.3, 0.4) is 0 Å². The Morgan fingerprint density at radius 1 is 0.737 bits per heavy atom. The molecule has 15 N–H and O–H groups in total. The first-order valence-electron chi connectivity index (χ1n) is 11.9. The summed E-state index contributed by atoms with van der Waals surface area (Å²) in [6, 6.07) is -5.27.